The Kier molecular flexibility index (Phi) is 3.85. The van der Waals surface area contributed by atoms with E-state index in [1.165, 1.54) is 21.6 Å². The van der Waals surface area contributed by atoms with Crippen molar-refractivity contribution < 1.29 is 0 Å². The summed E-state index contributed by atoms with van der Waals surface area (Å²) in [6, 6.07) is 4.40. The fourth-order valence-corrected chi connectivity index (χ4v) is 2.50. The Labute approximate surface area is 97.4 Å². The van der Waals surface area contributed by atoms with Crippen molar-refractivity contribution >= 4 is 11.8 Å². The lowest BCUT2D eigenvalue weighted by Crippen LogP contribution is -2.26. The minimum Gasteiger partial charge on any atom is -0.329 e. The predicted octanol–water partition coefficient (Wildman–Crippen LogP) is 3.44. The molecule has 0 bridgehead atoms. The van der Waals surface area contributed by atoms with E-state index in [2.05, 4.69) is 46.8 Å². The highest BCUT2D eigenvalue weighted by atomic mass is 32.2. The lowest BCUT2D eigenvalue weighted by atomic mass is 10.1. The van der Waals surface area contributed by atoms with Crippen LogP contribution in [0.2, 0.25) is 0 Å². The van der Waals surface area contributed by atoms with Crippen molar-refractivity contribution in [1.29, 1.82) is 0 Å². The van der Waals surface area contributed by atoms with Gasteiger partial charge >= 0.3 is 0 Å². The van der Waals surface area contributed by atoms with Crippen LogP contribution >= 0.6 is 11.8 Å². The Bertz CT molecular complexity index is 356. The molecule has 0 aromatic heterocycles. The number of benzene rings is 1. The lowest BCUT2D eigenvalue weighted by molar-refractivity contribution is 0.722. The van der Waals surface area contributed by atoms with Crippen molar-refractivity contribution in [2.24, 2.45) is 5.73 Å². The molecule has 0 radical (unpaired) electrons. The number of aryl methyl sites for hydroxylation is 1. The van der Waals surface area contributed by atoms with Gasteiger partial charge in [0.25, 0.3) is 0 Å². The first-order valence-corrected chi connectivity index (χ1v) is 6.15. The molecular weight excluding hydrogens is 202 g/mol. The summed E-state index contributed by atoms with van der Waals surface area (Å²) in [5.74, 6) is 0. The van der Waals surface area contributed by atoms with Crippen LogP contribution in [0.15, 0.2) is 17.0 Å². The van der Waals surface area contributed by atoms with Gasteiger partial charge in [0.1, 0.15) is 0 Å². The Morgan fingerprint density at radius 3 is 2.27 bits per heavy atom. The van der Waals surface area contributed by atoms with E-state index in [0.29, 0.717) is 6.54 Å². The molecule has 15 heavy (non-hydrogen) atoms. The number of hydrogen-bond donors (Lipinski definition) is 1. The molecule has 0 saturated carbocycles. The van der Waals surface area contributed by atoms with Gasteiger partial charge in [-0.1, -0.05) is 6.07 Å². The Morgan fingerprint density at radius 1 is 1.13 bits per heavy atom. The van der Waals surface area contributed by atoms with Crippen LogP contribution in [0.3, 0.4) is 0 Å². The predicted molar refractivity (Wildman–Crippen MR) is 69.6 cm³/mol. The molecule has 0 spiro atoms. The maximum absolute atomic E-state index is 5.75. The van der Waals surface area contributed by atoms with Gasteiger partial charge in [-0.15, -0.1) is 11.8 Å². The molecule has 0 heterocycles. The molecule has 1 aromatic rings. The highest BCUT2D eigenvalue weighted by Gasteiger charge is 2.18. The van der Waals surface area contributed by atoms with E-state index >= 15 is 0 Å². The molecule has 0 aliphatic heterocycles. The number of nitrogens with two attached hydrogens (primary N) is 1. The zero-order chi connectivity index (χ0) is 11.6. The third-order valence-electron chi connectivity index (χ3n) is 2.89. The van der Waals surface area contributed by atoms with Crippen LogP contribution in [0, 0.1) is 20.8 Å². The molecule has 2 N–H and O–H groups in total. The van der Waals surface area contributed by atoms with E-state index in [1.807, 2.05) is 11.8 Å². The molecule has 0 aliphatic carbocycles. The van der Waals surface area contributed by atoms with Crippen LogP contribution in [-0.2, 0) is 0 Å². The normalized spacial score (nSPS) is 11.9. The second kappa shape index (κ2) is 4.58. The Hall–Kier alpha value is -0.470. The Balaban J connectivity index is 3.02. The molecule has 2 heteroatoms. The number of rotatable bonds is 3. The van der Waals surface area contributed by atoms with Gasteiger partial charge < -0.3 is 5.73 Å². The molecule has 0 fully saturated rings. The third-order valence-corrected chi connectivity index (χ3v) is 4.27. The zero-order valence-electron chi connectivity index (χ0n) is 10.3. The topological polar surface area (TPSA) is 26.0 Å². The van der Waals surface area contributed by atoms with Gasteiger partial charge in [0.05, 0.1) is 0 Å². The van der Waals surface area contributed by atoms with Crippen LogP contribution in [-0.4, -0.2) is 11.3 Å². The summed E-state index contributed by atoms with van der Waals surface area (Å²) in [4.78, 5) is 1.36. The van der Waals surface area contributed by atoms with Gasteiger partial charge in [0.2, 0.25) is 0 Å². The van der Waals surface area contributed by atoms with Gasteiger partial charge in [-0.05, 0) is 57.4 Å². The van der Waals surface area contributed by atoms with E-state index in [9.17, 15) is 0 Å². The zero-order valence-corrected chi connectivity index (χ0v) is 11.2. The maximum Gasteiger partial charge on any atom is 0.0273 e. The van der Waals surface area contributed by atoms with Gasteiger partial charge in [-0.2, -0.15) is 0 Å². The summed E-state index contributed by atoms with van der Waals surface area (Å²) in [7, 11) is 0. The maximum atomic E-state index is 5.75. The SMILES string of the molecule is Cc1ccc(SC(C)(C)CN)c(C)c1C. The molecule has 1 nitrogen and oxygen atoms in total. The fraction of sp³-hybridized carbons (Fsp3) is 0.538. The van der Waals surface area contributed by atoms with Crippen molar-refractivity contribution in [3.63, 3.8) is 0 Å². The summed E-state index contributed by atoms with van der Waals surface area (Å²) >= 11 is 1.87. The second-order valence-electron chi connectivity index (χ2n) is 4.70. The molecule has 0 amide bonds. The van der Waals surface area contributed by atoms with Crippen LogP contribution < -0.4 is 5.73 Å². The average molecular weight is 223 g/mol. The Morgan fingerprint density at radius 2 is 1.73 bits per heavy atom. The summed E-state index contributed by atoms with van der Waals surface area (Å²) in [5, 5.41) is 0. The summed E-state index contributed by atoms with van der Waals surface area (Å²) in [6.45, 7) is 11.6. The monoisotopic (exact) mass is 223 g/mol. The molecule has 1 rings (SSSR count). The van der Waals surface area contributed by atoms with E-state index in [4.69, 9.17) is 5.73 Å². The molecule has 0 atom stereocenters. The smallest absolute Gasteiger partial charge is 0.0273 e. The average Bonchev–Trinajstić information content (AvgIpc) is 2.19. The quantitative estimate of drug-likeness (QED) is 0.794. The minimum atomic E-state index is 0.118. The molecule has 0 saturated heterocycles. The fourth-order valence-electron chi connectivity index (χ4n) is 1.38. The highest BCUT2D eigenvalue weighted by Crippen LogP contribution is 2.35. The van der Waals surface area contributed by atoms with Gasteiger partial charge in [0, 0.05) is 16.2 Å². The largest absolute Gasteiger partial charge is 0.329 e. The summed E-state index contributed by atoms with van der Waals surface area (Å²) in [5.41, 5.74) is 9.90. The van der Waals surface area contributed by atoms with E-state index in [0.717, 1.165) is 0 Å². The van der Waals surface area contributed by atoms with Crippen molar-refractivity contribution in [2.45, 2.75) is 44.3 Å². The number of thioether (sulfide) groups is 1. The van der Waals surface area contributed by atoms with Crippen molar-refractivity contribution in [3.05, 3.63) is 28.8 Å². The highest BCUT2D eigenvalue weighted by molar-refractivity contribution is 8.00. The summed E-state index contributed by atoms with van der Waals surface area (Å²) in [6.07, 6.45) is 0. The third kappa shape index (κ3) is 2.99. The van der Waals surface area contributed by atoms with Crippen LogP contribution in [0.4, 0.5) is 0 Å². The molecule has 0 aliphatic rings. The lowest BCUT2D eigenvalue weighted by Gasteiger charge is -2.23. The van der Waals surface area contributed by atoms with Crippen LogP contribution in [0.1, 0.15) is 30.5 Å². The summed E-state index contributed by atoms with van der Waals surface area (Å²) < 4.78 is 0.118. The van der Waals surface area contributed by atoms with E-state index < -0.39 is 0 Å². The molecule has 0 unspecified atom stereocenters. The van der Waals surface area contributed by atoms with E-state index in [1.54, 1.807) is 0 Å². The van der Waals surface area contributed by atoms with Crippen molar-refractivity contribution in [3.8, 4) is 0 Å². The first-order valence-electron chi connectivity index (χ1n) is 5.33. The van der Waals surface area contributed by atoms with Gasteiger partial charge in [-0.3, -0.25) is 0 Å². The minimum absolute atomic E-state index is 0.118. The van der Waals surface area contributed by atoms with Gasteiger partial charge in [-0.25, -0.2) is 0 Å². The van der Waals surface area contributed by atoms with Crippen LogP contribution in [0.5, 0.6) is 0 Å². The van der Waals surface area contributed by atoms with Crippen LogP contribution in [0.25, 0.3) is 0 Å². The van der Waals surface area contributed by atoms with Crippen molar-refractivity contribution in [2.75, 3.05) is 6.54 Å². The molecule has 84 valence electrons. The first kappa shape index (κ1) is 12.6. The van der Waals surface area contributed by atoms with Crippen molar-refractivity contribution in [1.82, 2.24) is 0 Å². The van der Waals surface area contributed by atoms with E-state index in [-0.39, 0.29) is 4.75 Å². The second-order valence-corrected chi connectivity index (χ2v) is 6.45. The standard InChI is InChI=1S/C13H21NS/c1-9-6-7-12(11(3)10(9)2)15-13(4,5)8-14/h6-7H,8,14H2,1-5H3. The van der Waals surface area contributed by atoms with Gasteiger partial charge in [0.15, 0.2) is 0 Å². The molecular formula is C13H21NS. The molecule has 1 aromatic carbocycles. The number of hydrogen-bond acceptors (Lipinski definition) is 2. The first-order chi connectivity index (χ1) is 6.87.